The number of carbonyl (C=O) groups excluding carboxylic acids is 1. The second-order valence-corrected chi connectivity index (χ2v) is 2.95. The van der Waals surface area contributed by atoms with Gasteiger partial charge in [0.15, 0.2) is 0 Å². The van der Waals surface area contributed by atoms with Crippen molar-refractivity contribution in [3.05, 3.63) is 42.5 Å². The smallest absolute Gasteiger partial charge is 0.310 e. The molecule has 0 radical (unpaired) electrons. The van der Waals surface area contributed by atoms with Crippen molar-refractivity contribution in [2.45, 2.75) is 13.3 Å². The molecule has 0 fully saturated rings. The van der Waals surface area contributed by atoms with Gasteiger partial charge in [0, 0.05) is 0 Å². The van der Waals surface area contributed by atoms with Crippen molar-refractivity contribution in [2.75, 3.05) is 6.61 Å². The Hall–Kier alpha value is -1.57. The topological polar surface area (TPSA) is 26.3 Å². The van der Waals surface area contributed by atoms with Crippen LogP contribution in [0.3, 0.4) is 0 Å². The van der Waals surface area contributed by atoms with E-state index in [4.69, 9.17) is 4.74 Å². The Bertz CT molecular complexity index is 314. The summed E-state index contributed by atoms with van der Waals surface area (Å²) < 4.78 is 4.83. The molecule has 0 atom stereocenters. The Morgan fingerprint density at radius 1 is 1.36 bits per heavy atom. The van der Waals surface area contributed by atoms with E-state index in [0.717, 1.165) is 11.1 Å². The maximum Gasteiger partial charge on any atom is 0.310 e. The highest BCUT2D eigenvalue weighted by Crippen LogP contribution is 2.15. The van der Waals surface area contributed by atoms with Gasteiger partial charge in [0.2, 0.25) is 0 Å². The van der Waals surface area contributed by atoms with Crippen LogP contribution in [-0.4, -0.2) is 12.6 Å². The number of esters is 1. The summed E-state index contributed by atoms with van der Waals surface area (Å²) >= 11 is 0. The van der Waals surface area contributed by atoms with Crippen molar-refractivity contribution in [3.63, 3.8) is 0 Å². The van der Waals surface area contributed by atoms with Crippen LogP contribution in [0, 0.1) is 0 Å². The molecule has 74 valence electrons. The van der Waals surface area contributed by atoms with Crippen LogP contribution in [0.4, 0.5) is 0 Å². The lowest BCUT2D eigenvalue weighted by Crippen LogP contribution is -2.04. The van der Waals surface area contributed by atoms with Gasteiger partial charge in [0.1, 0.15) is 0 Å². The molecule has 14 heavy (non-hydrogen) atoms. The van der Waals surface area contributed by atoms with E-state index in [2.05, 4.69) is 6.58 Å². The first-order valence-corrected chi connectivity index (χ1v) is 4.63. The van der Waals surface area contributed by atoms with Crippen LogP contribution in [-0.2, 0) is 9.53 Å². The molecule has 0 unspecified atom stereocenters. The largest absolute Gasteiger partial charge is 0.466 e. The zero-order chi connectivity index (χ0) is 10.4. The molecule has 1 rings (SSSR count). The number of hydrogen-bond acceptors (Lipinski definition) is 2. The van der Waals surface area contributed by atoms with Gasteiger partial charge in [0.05, 0.1) is 13.0 Å². The monoisotopic (exact) mass is 190 g/mol. The third kappa shape index (κ3) is 3.05. The molecule has 1 aromatic carbocycles. The summed E-state index contributed by atoms with van der Waals surface area (Å²) in [4.78, 5) is 11.1. The summed E-state index contributed by atoms with van der Waals surface area (Å²) in [5.74, 6) is -0.221. The lowest BCUT2D eigenvalue weighted by atomic mass is 10.1. The quantitative estimate of drug-likeness (QED) is 0.682. The number of benzene rings is 1. The van der Waals surface area contributed by atoms with Crippen molar-refractivity contribution >= 4 is 11.5 Å². The molecule has 0 N–H and O–H groups in total. The van der Waals surface area contributed by atoms with Crippen LogP contribution in [0.25, 0.3) is 5.57 Å². The van der Waals surface area contributed by atoms with E-state index in [9.17, 15) is 4.79 Å². The number of rotatable bonds is 4. The highest BCUT2D eigenvalue weighted by Gasteiger charge is 2.05. The third-order valence-corrected chi connectivity index (χ3v) is 1.85. The first-order chi connectivity index (χ1) is 6.74. The SMILES string of the molecule is C=C(CC(=O)OCC)c1ccccc1. The molecule has 0 spiro atoms. The van der Waals surface area contributed by atoms with E-state index >= 15 is 0 Å². The molecule has 0 heterocycles. The average molecular weight is 190 g/mol. The summed E-state index contributed by atoms with van der Waals surface area (Å²) in [5.41, 5.74) is 1.78. The van der Waals surface area contributed by atoms with Crippen molar-refractivity contribution in [2.24, 2.45) is 0 Å². The maximum atomic E-state index is 11.1. The van der Waals surface area contributed by atoms with Gasteiger partial charge in [-0.1, -0.05) is 36.9 Å². The molecule has 1 aromatic rings. The molecule has 0 aliphatic heterocycles. The van der Waals surface area contributed by atoms with Gasteiger partial charge in [0.25, 0.3) is 0 Å². The lowest BCUT2D eigenvalue weighted by Gasteiger charge is -2.04. The molecule has 2 heteroatoms. The Morgan fingerprint density at radius 3 is 2.57 bits per heavy atom. The molecule has 0 bridgehead atoms. The Labute approximate surface area is 84.2 Å². The van der Waals surface area contributed by atoms with E-state index < -0.39 is 0 Å². The second kappa shape index (κ2) is 5.22. The highest BCUT2D eigenvalue weighted by molar-refractivity contribution is 5.84. The predicted molar refractivity (Wildman–Crippen MR) is 56.7 cm³/mol. The number of ether oxygens (including phenoxy) is 1. The molecule has 0 aliphatic rings. The van der Waals surface area contributed by atoms with Gasteiger partial charge in [-0.2, -0.15) is 0 Å². The molecular weight excluding hydrogens is 176 g/mol. The lowest BCUT2D eigenvalue weighted by molar-refractivity contribution is -0.141. The third-order valence-electron chi connectivity index (χ3n) is 1.85. The first-order valence-electron chi connectivity index (χ1n) is 4.63. The number of carbonyl (C=O) groups is 1. The van der Waals surface area contributed by atoms with Crippen LogP contribution in [0.5, 0.6) is 0 Å². The minimum atomic E-state index is -0.221. The van der Waals surface area contributed by atoms with Crippen LogP contribution < -0.4 is 0 Å². The van der Waals surface area contributed by atoms with E-state index in [1.54, 1.807) is 6.92 Å². The predicted octanol–water partition coefficient (Wildman–Crippen LogP) is 2.65. The zero-order valence-electron chi connectivity index (χ0n) is 8.32. The van der Waals surface area contributed by atoms with Gasteiger partial charge in [-0.25, -0.2) is 0 Å². The van der Waals surface area contributed by atoms with Crippen molar-refractivity contribution in [1.82, 2.24) is 0 Å². The summed E-state index contributed by atoms with van der Waals surface area (Å²) in [6.07, 6.45) is 0.262. The van der Waals surface area contributed by atoms with Gasteiger partial charge >= 0.3 is 5.97 Å². The zero-order valence-corrected chi connectivity index (χ0v) is 8.32. The second-order valence-electron chi connectivity index (χ2n) is 2.95. The Kier molecular flexibility index (Phi) is 3.92. The van der Waals surface area contributed by atoms with Crippen LogP contribution in [0.2, 0.25) is 0 Å². The number of hydrogen-bond donors (Lipinski definition) is 0. The molecule has 2 nitrogen and oxygen atoms in total. The standard InChI is InChI=1S/C12H14O2/c1-3-14-12(13)9-10(2)11-7-5-4-6-8-11/h4-8H,2-3,9H2,1H3. The van der Waals surface area contributed by atoms with E-state index in [1.165, 1.54) is 0 Å². The summed E-state index contributed by atoms with van der Waals surface area (Å²) in [7, 11) is 0. The van der Waals surface area contributed by atoms with Crippen molar-refractivity contribution in [1.29, 1.82) is 0 Å². The summed E-state index contributed by atoms with van der Waals surface area (Å²) in [6, 6.07) is 9.64. The van der Waals surface area contributed by atoms with Crippen molar-refractivity contribution in [3.8, 4) is 0 Å². The van der Waals surface area contributed by atoms with Gasteiger partial charge in [-0.05, 0) is 18.1 Å². The average Bonchev–Trinajstić information content (AvgIpc) is 2.19. The fourth-order valence-electron chi connectivity index (χ4n) is 1.16. The van der Waals surface area contributed by atoms with Gasteiger partial charge in [-0.15, -0.1) is 0 Å². The van der Waals surface area contributed by atoms with E-state index in [1.807, 2.05) is 30.3 Å². The van der Waals surface area contributed by atoms with Gasteiger partial charge < -0.3 is 4.74 Å². The molecule has 0 amide bonds. The minimum Gasteiger partial charge on any atom is -0.466 e. The van der Waals surface area contributed by atoms with E-state index in [0.29, 0.717) is 6.61 Å². The fourth-order valence-corrected chi connectivity index (χ4v) is 1.16. The minimum absolute atomic E-state index is 0.221. The highest BCUT2D eigenvalue weighted by atomic mass is 16.5. The van der Waals surface area contributed by atoms with Crippen molar-refractivity contribution < 1.29 is 9.53 Å². The van der Waals surface area contributed by atoms with Crippen LogP contribution >= 0.6 is 0 Å². The molecule has 0 saturated heterocycles. The van der Waals surface area contributed by atoms with Crippen LogP contribution in [0.15, 0.2) is 36.9 Å². The van der Waals surface area contributed by atoms with Crippen LogP contribution in [0.1, 0.15) is 18.9 Å². The maximum absolute atomic E-state index is 11.1. The van der Waals surface area contributed by atoms with E-state index in [-0.39, 0.29) is 12.4 Å². The first kappa shape index (κ1) is 10.5. The fraction of sp³-hybridized carbons (Fsp3) is 0.250. The summed E-state index contributed by atoms with van der Waals surface area (Å²) in [6.45, 7) is 6.06. The normalized spacial score (nSPS) is 9.50. The molecule has 0 aromatic heterocycles. The Balaban J connectivity index is 2.55. The molecule has 0 saturated carbocycles. The van der Waals surface area contributed by atoms with Gasteiger partial charge in [-0.3, -0.25) is 4.79 Å². The molecule has 0 aliphatic carbocycles. The Morgan fingerprint density at radius 2 is 2.00 bits per heavy atom. The molecular formula is C12H14O2. The summed E-state index contributed by atoms with van der Waals surface area (Å²) in [5, 5.41) is 0.